The van der Waals surface area contributed by atoms with Crippen LogP contribution in [-0.2, 0) is 10.2 Å². The van der Waals surface area contributed by atoms with Crippen LogP contribution in [0.25, 0.3) is 10.4 Å². The summed E-state index contributed by atoms with van der Waals surface area (Å²) in [5, 5.41) is 6.68. The van der Waals surface area contributed by atoms with Gasteiger partial charge >= 0.3 is 0 Å². The van der Waals surface area contributed by atoms with Gasteiger partial charge in [0.1, 0.15) is 0 Å². The first-order chi connectivity index (χ1) is 12.2. The molecule has 0 saturated heterocycles. The van der Waals surface area contributed by atoms with Crippen molar-refractivity contribution in [2.75, 3.05) is 11.9 Å². The normalized spacial score (nSPS) is 22.9. The summed E-state index contributed by atoms with van der Waals surface area (Å²) in [5.41, 5.74) is 11.6. The van der Waals surface area contributed by atoms with Crippen LogP contribution < -0.4 is 5.32 Å². The van der Waals surface area contributed by atoms with Crippen LogP contribution in [0, 0.1) is 0 Å². The molecule has 0 radical (unpaired) electrons. The lowest BCUT2D eigenvalue weighted by atomic mass is 9.67. The van der Waals surface area contributed by atoms with Gasteiger partial charge in [0, 0.05) is 38.8 Å². The second-order valence-electron chi connectivity index (χ2n) is 6.15. The number of benzene rings is 2. The molecule has 2 atom stereocenters. The molecule has 2 heterocycles. The summed E-state index contributed by atoms with van der Waals surface area (Å²) in [6.07, 6.45) is 2.35. The van der Waals surface area contributed by atoms with E-state index in [1.807, 2.05) is 48.7 Å². The van der Waals surface area contributed by atoms with Crippen LogP contribution in [0.4, 0.5) is 11.4 Å². The van der Waals surface area contributed by atoms with E-state index in [1.165, 1.54) is 0 Å². The number of rotatable bonds is 4. The molecule has 124 valence electrons. The summed E-state index contributed by atoms with van der Waals surface area (Å²) in [5.74, 6) is -0.474. The highest BCUT2D eigenvalue weighted by Crippen LogP contribution is 2.54. The minimum atomic E-state index is -0.652. The van der Waals surface area contributed by atoms with Gasteiger partial charge in [-0.1, -0.05) is 45.3 Å². The van der Waals surface area contributed by atoms with Gasteiger partial charge in [-0.05, 0) is 35.7 Å². The molecule has 2 aliphatic rings. The van der Waals surface area contributed by atoms with Crippen LogP contribution in [0.2, 0.25) is 0 Å². The third-order valence-electron chi connectivity index (χ3n) is 4.89. The number of anilines is 1. The molecule has 0 aliphatic carbocycles. The Morgan fingerprint density at radius 2 is 2.12 bits per heavy atom. The highest BCUT2D eigenvalue weighted by atomic mass is 79.9. The first-order valence-corrected chi connectivity index (χ1v) is 8.71. The highest BCUT2D eigenvalue weighted by Gasteiger charge is 2.51. The van der Waals surface area contributed by atoms with E-state index in [1.54, 1.807) is 0 Å². The number of para-hydroxylation sites is 1. The van der Waals surface area contributed by atoms with E-state index >= 15 is 0 Å². The fraction of sp³-hybridized carbons (Fsp3) is 0.222. The third kappa shape index (κ3) is 2.35. The lowest BCUT2D eigenvalue weighted by Crippen LogP contribution is -2.38. The lowest BCUT2D eigenvalue weighted by Gasteiger charge is -2.33. The summed E-state index contributed by atoms with van der Waals surface area (Å²) in [4.78, 5) is 20.3. The van der Waals surface area contributed by atoms with Gasteiger partial charge in [-0.3, -0.25) is 9.79 Å². The van der Waals surface area contributed by atoms with Crippen LogP contribution in [-0.4, -0.2) is 18.7 Å². The number of hydrogen-bond donors (Lipinski definition) is 1. The van der Waals surface area contributed by atoms with Crippen LogP contribution in [0.1, 0.15) is 23.5 Å². The Balaban J connectivity index is 1.92. The van der Waals surface area contributed by atoms with Gasteiger partial charge in [-0.25, -0.2) is 0 Å². The second-order valence-corrected chi connectivity index (χ2v) is 7.00. The van der Waals surface area contributed by atoms with Crippen molar-refractivity contribution in [3.05, 3.63) is 68.5 Å². The number of hydrogen-bond acceptors (Lipinski definition) is 3. The van der Waals surface area contributed by atoms with Gasteiger partial charge in [-0.2, -0.15) is 0 Å². The van der Waals surface area contributed by atoms with Gasteiger partial charge in [0.15, 0.2) is 0 Å². The molecule has 0 aromatic heterocycles. The van der Waals surface area contributed by atoms with E-state index in [9.17, 15) is 4.79 Å². The molecule has 7 heteroatoms. The predicted octanol–water partition coefficient (Wildman–Crippen LogP) is 4.84. The number of amides is 1. The average Bonchev–Trinajstić information content (AvgIpc) is 3.14. The highest BCUT2D eigenvalue weighted by molar-refractivity contribution is 9.10. The Kier molecular flexibility index (Phi) is 3.82. The third-order valence-corrected chi connectivity index (χ3v) is 5.55. The van der Waals surface area contributed by atoms with E-state index in [2.05, 4.69) is 36.3 Å². The van der Waals surface area contributed by atoms with Crippen molar-refractivity contribution in [3.63, 3.8) is 0 Å². The van der Waals surface area contributed by atoms with E-state index < -0.39 is 11.3 Å². The standard InChI is InChI=1S/C18H14BrN5O/c19-12-5-3-7-14-16(12)18(10-21-14,8-9-22-24-20)15-11-4-1-2-6-13(11)23-17(15)25/h1-7,10,15H,8-9H2,(H,23,25)/t15-,18+/m1/s1. The van der Waals surface area contributed by atoms with Gasteiger partial charge in [0.25, 0.3) is 0 Å². The monoisotopic (exact) mass is 395 g/mol. The number of azide groups is 1. The van der Waals surface area contributed by atoms with Crippen molar-refractivity contribution in [1.29, 1.82) is 0 Å². The van der Waals surface area contributed by atoms with Gasteiger partial charge in [0.05, 0.1) is 11.6 Å². The van der Waals surface area contributed by atoms with Gasteiger partial charge < -0.3 is 5.32 Å². The van der Waals surface area contributed by atoms with Crippen molar-refractivity contribution >= 4 is 39.4 Å². The summed E-state index contributed by atoms with van der Waals surface area (Å²) in [7, 11) is 0. The zero-order chi connectivity index (χ0) is 17.4. The van der Waals surface area contributed by atoms with E-state index in [-0.39, 0.29) is 12.5 Å². The molecule has 0 unspecified atom stereocenters. The summed E-state index contributed by atoms with van der Waals surface area (Å²) in [6, 6.07) is 13.5. The SMILES string of the molecule is [N-]=[N+]=NCC[C@@]1([C@H]2C(=O)Nc3ccccc32)C=Nc2cccc(Br)c21. The average molecular weight is 396 g/mol. The maximum atomic E-state index is 12.9. The largest absolute Gasteiger partial charge is 0.325 e. The van der Waals surface area contributed by atoms with Crippen molar-refractivity contribution in [3.8, 4) is 0 Å². The zero-order valence-electron chi connectivity index (χ0n) is 13.2. The number of carbonyl (C=O) groups is 1. The summed E-state index contributed by atoms with van der Waals surface area (Å²) in [6.45, 7) is 0.287. The Morgan fingerprint density at radius 3 is 2.96 bits per heavy atom. The van der Waals surface area contributed by atoms with Crippen LogP contribution in [0.5, 0.6) is 0 Å². The lowest BCUT2D eigenvalue weighted by molar-refractivity contribution is -0.117. The molecule has 6 nitrogen and oxygen atoms in total. The topological polar surface area (TPSA) is 90.2 Å². The smallest absolute Gasteiger partial charge is 0.233 e. The van der Waals surface area contributed by atoms with E-state index in [4.69, 9.17) is 5.53 Å². The first-order valence-electron chi connectivity index (χ1n) is 7.92. The van der Waals surface area contributed by atoms with Gasteiger partial charge in [-0.15, -0.1) is 0 Å². The number of halogens is 1. The van der Waals surface area contributed by atoms with Crippen molar-refractivity contribution in [1.82, 2.24) is 0 Å². The number of aliphatic imine (C=N–C) groups is 1. The molecule has 0 bridgehead atoms. The minimum Gasteiger partial charge on any atom is -0.325 e. The summed E-state index contributed by atoms with van der Waals surface area (Å²) < 4.78 is 0.903. The number of nitrogens with zero attached hydrogens (tertiary/aromatic N) is 4. The Bertz CT molecular complexity index is 950. The molecule has 0 saturated carbocycles. The molecule has 2 aromatic rings. The Hall–Kier alpha value is -2.63. The number of fused-ring (bicyclic) bond motifs is 2. The van der Waals surface area contributed by atoms with Crippen LogP contribution in [0.15, 0.2) is 57.0 Å². The molecular formula is C18H14BrN5O. The Labute approximate surface area is 152 Å². The molecule has 1 amide bonds. The molecule has 4 rings (SSSR count). The fourth-order valence-electron chi connectivity index (χ4n) is 3.88. The van der Waals surface area contributed by atoms with Crippen molar-refractivity contribution < 1.29 is 4.79 Å². The summed E-state index contributed by atoms with van der Waals surface area (Å²) >= 11 is 3.62. The van der Waals surface area contributed by atoms with Crippen molar-refractivity contribution in [2.45, 2.75) is 17.8 Å². The molecule has 0 fully saturated rings. The maximum absolute atomic E-state index is 12.9. The van der Waals surface area contributed by atoms with E-state index in [0.717, 1.165) is 27.0 Å². The number of nitrogens with one attached hydrogen (secondary N) is 1. The molecule has 25 heavy (non-hydrogen) atoms. The van der Waals surface area contributed by atoms with Crippen LogP contribution >= 0.6 is 15.9 Å². The number of carbonyl (C=O) groups excluding carboxylic acids is 1. The maximum Gasteiger partial charge on any atom is 0.233 e. The molecule has 0 spiro atoms. The quantitative estimate of drug-likeness (QED) is 0.447. The molecule has 1 N–H and O–H groups in total. The van der Waals surface area contributed by atoms with Gasteiger partial charge in [0.2, 0.25) is 5.91 Å². The van der Waals surface area contributed by atoms with Crippen molar-refractivity contribution in [2.24, 2.45) is 10.1 Å². The first kappa shape index (κ1) is 15.9. The second kappa shape index (κ2) is 6.02. The minimum absolute atomic E-state index is 0.0582. The van der Waals surface area contributed by atoms with Crippen LogP contribution in [0.3, 0.4) is 0 Å². The predicted molar refractivity (Wildman–Crippen MR) is 100 cm³/mol. The molecular weight excluding hydrogens is 382 g/mol. The fourth-order valence-corrected chi connectivity index (χ4v) is 4.61. The zero-order valence-corrected chi connectivity index (χ0v) is 14.8. The molecule has 2 aromatic carbocycles. The van der Waals surface area contributed by atoms with E-state index in [0.29, 0.717) is 6.42 Å². The molecule has 2 aliphatic heterocycles. The Morgan fingerprint density at radius 1 is 1.28 bits per heavy atom.